The molecular formula is C17H15N3O5. The first-order valence-corrected chi connectivity index (χ1v) is 7.19. The van der Waals surface area contributed by atoms with E-state index >= 15 is 0 Å². The molecule has 2 aromatic carbocycles. The largest absolute Gasteiger partial charge is 0.478 e. The van der Waals surface area contributed by atoms with Crippen LogP contribution in [0.5, 0.6) is 0 Å². The number of hydrogen-bond donors (Lipinski definition) is 4. The summed E-state index contributed by atoms with van der Waals surface area (Å²) in [5.41, 5.74) is 4.91. The Morgan fingerprint density at radius 1 is 0.800 bits per heavy atom. The summed E-state index contributed by atoms with van der Waals surface area (Å²) in [6.45, 7) is 1.37. The molecule has 0 unspecified atom stereocenters. The van der Waals surface area contributed by atoms with Crippen LogP contribution in [0.4, 0.5) is 5.69 Å². The minimum absolute atomic E-state index is 0.0729. The Balaban J connectivity index is 2.01. The Bertz CT molecular complexity index is 830. The maximum Gasteiger partial charge on any atom is 0.336 e. The van der Waals surface area contributed by atoms with Gasteiger partial charge >= 0.3 is 5.97 Å². The van der Waals surface area contributed by atoms with Gasteiger partial charge in [-0.25, -0.2) is 4.79 Å². The fraction of sp³-hybridized carbons (Fsp3) is 0.0588. The Morgan fingerprint density at radius 3 is 1.92 bits per heavy atom. The number of carboxylic acids is 1. The van der Waals surface area contributed by atoms with Crippen LogP contribution in [0.2, 0.25) is 0 Å². The highest BCUT2D eigenvalue weighted by Crippen LogP contribution is 2.10. The first kappa shape index (κ1) is 17.7. The second-order valence-electron chi connectivity index (χ2n) is 5.02. The molecule has 4 N–H and O–H groups in total. The van der Waals surface area contributed by atoms with E-state index in [0.717, 1.165) is 0 Å². The SMILES string of the molecule is CC(=O)Nc1ccc(C(=O)NNC(=O)c2ccccc2C(=O)O)cc1. The number of carboxylic acid groups (broad SMARTS) is 1. The summed E-state index contributed by atoms with van der Waals surface area (Å²) in [4.78, 5) is 46.1. The molecule has 0 radical (unpaired) electrons. The molecule has 0 aliphatic heterocycles. The zero-order chi connectivity index (χ0) is 18.4. The van der Waals surface area contributed by atoms with Crippen LogP contribution in [-0.2, 0) is 4.79 Å². The maximum atomic E-state index is 12.0. The summed E-state index contributed by atoms with van der Waals surface area (Å²) in [5.74, 6) is -2.82. The lowest BCUT2D eigenvalue weighted by Crippen LogP contribution is -2.42. The van der Waals surface area contributed by atoms with E-state index in [0.29, 0.717) is 5.69 Å². The second kappa shape index (κ2) is 7.73. The Morgan fingerprint density at radius 2 is 1.36 bits per heavy atom. The summed E-state index contributed by atoms with van der Waals surface area (Å²) in [7, 11) is 0. The predicted molar refractivity (Wildman–Crippen MR) is 89.1 cm³/mol. The number of aromatic carboxylic acids is 1. The molecule has 2 aromatic rings. The minimum atomic E-state index is -1.24. The van der Waals surface area contributed by atoms with Crippen molar-refractivity contribution in [1.29, 1.82) is 0 Å². The van der Waals surface area contributed by atoms with E-state index < -0.39 is 17.8 Å². The van der Waals surface area contributed by atoms with E-state index in [1.54, 1.807) is 0 Å². The van der Waals surface area contributed by atoms with Gasteiger partial charge in [0.25, 0.3) is 11.8 Å². The summed E-state index contributed by atoms with van der Waals surface area (Å²) >= 11 is 0. The molecule has 3 amide bonds. The molecule has 0 spiro atoms. The van der Waals surface area contributed by atoms with Gasteiger partial charge in [0, 0.05) is 18.2 Å². The average Bonchev–Trinajstić information content (AvgIpc) is 2.59. The predicted octanol–water partition coefficient (Wildman–Crippen LogP) is 1.42. The van der Waals surface area contributed by atoms with Gasteiger partial charge in [0.05, 0.1) is 11.1 Å². The monoisotopic (exact) mass is 341 g/mol. The number of benzene rings is 2. The zero-order valence-corrected chi connectivity index (χ0v) is 13.2. The van der Waals surface area contributed by atoms with Crippen molar-refractivity contribution in [2.24, 2.45) is 0 Å². The van der Waals surface area contributed by atoms with E-state index in [1.807, 2.05) is 0 Å². The Kier molecular flexibility index (Phi) is 5.47. The lowest BCUT2D eigenvalue weighted by molar-refractivity contribution is -0.114. The Hall–Kier alpha value is -3.68. The van der Waals surface area contributed by atoms with Crippen molar-refractivity contribution < 1.29 is 24.3 Å². The van der Waals surface area contributed by atoms with Crippen LogP contribution >= 0.6 is 0 Å². The number of hydrogen-bond acceptors (Lipinski definition) is 4. The van der Waals surface area contributed by atoms with E-state index in [4.69, 9.17) is 5.11 Å². The van der Waals surface area contributed by atoms with Crippen LogP contribution in [0.1, 0.15) is 38.0 Å². The highest BCUT2D eigenvalue weighted by Gasteiger charge is 2.16. The molecule has 0 aromatic heterocycles. The number of carbonyl (C=O) groups is 4. The third-order valence-electron chi connectivity index (χ3n) is 3.16. The van der Waals surface area contributed by atoms with Crippen LogP contribution in [0, 0.1) is 0 Å². The highest BCUT2D eigenvalue weighted by molar-refractivity contribution is 6.06. The van der Waals surface area contributed by atoms with Gasteiger partial charge in [-0.15, -0.1) is 0 Å². The molecule has 128 valence electrons. The number of hydrazine groups is 1. The van der Waals surface area contributed by atoms with E-state index in [9.17, 15) is 19.2 Å². The second-order valence-corrected chi connectivity index (χ2v) is 5.02. The molecule has 0 saturated heterocycles. The molecule has 0 aliphatic carbocycles. The lowest BCUT2D eigenvalue weighted by Gasteiger charge is -2.09. The van der Waals surface area contributed by atoms with Crippen LogP contribution in [0.3, 0.4) is 0 Å². The number of amides is 3. The summed E-state index contributed by atoms with van der Waals surface area (Å²) in [5, 5.41) is 11.6. The highest BCUT2D eigenvalue weighted by atomic mass is 16.4. The lowest BCUT2D eigenvalue weighted by atomic mass is 10.1. The molecule has 2 rings (SSSR count). The summed E-state index contributed by atoms with van der Waals surface area (Å²) < 4.78 is 0. The standard InChI is InChI=1S/C17H15N3O5/c1-10(21)18-12-8-6-11(7-9-12)15(22)19-20-16(23)13-4-2-3-5-14(13)17(24)25/h2-9H,1H3,(H,18,21)(H,19,22)(H,20,23)(H,24,25). The first-order chi connectivity index (χ1) is 11.9. The topological polar surface area (TPSA) is 125 Å². The third kappa shape index (κ3) is 4.64. The summed E-state index contributed by atoms with van der Waals surface area (Å²) in [6.07, 6.45) is 0. The zero-order valence-electron chi connectivity index (χ0n) is 13.2. The molecule has 8 nitrogen and oxygen atoms in total. The smallest absolute Gasteiger partial charge is 0.336 e. The molecule has 0 saturated carbocycles. The quantitative estimate of drug-likeness (QED) is 0.626. The van der Waals surface area contributed by atoms with E-state index in [2.05, 4.69) is 16.2 Å². The number of carbonyl (C=O) groups excluding carboxylic acids is 3. The average molecular weight is 341 g/mol. The molecule has 8 heteroatoms. The third-order valence-corrected chi connectivity index (χ3v) is 3.16. The number of anilines is 1. The molecular weight excluding hydrogens is 326 g/mol. The van der Waals surface area contributed by atoms with Gasteiger partial charge in [0.1, 0.15) is 0 Å². The Labute approximate surface area is 142 Å². The van der Waals surface area contributed by atoms with Crippen molar-refractivity contribution >= 4 is 29.4 Å². The molecule has 0 fully saturated rings. The van der Waals surface area contributed by atoms with Crippen molar-refractivity contribution in [2.45, 2.75) is 6.92 Å². The molecule has 0 heterocycles. The van der Waals surface area contributed by atoms with E-state index in [1.165, 1.54) is 55.5 Å². The van der Waals surface area contributed by atoms with Gasteiger partial charge in [-0.1, -0.05) is 12.1 Å². The van der Waals surface area contributed by atoms with Gasteiger partial charge < -0.3 is 10.4 Å². The van der Waals surface area contributed by atoms with Gasteiger partial charge in [-0.05, 0) is 36.4 Å². The van der Waals surface area contributed by atoms with Crippen molar-refractivity contribution in [3.63, 3.8) is 0 Å². The van der Waals surface area contributed by atoms with Crippen LogP contribution in [0.25, 0.3) is 0 Å². The van der Waals surface area contributed by atoms with Crippen LogP contribution in [0.15, 0.2) is 48.5 Å². The fourth-order valence-electron chi connectivity index (χ4n) is 2.03. The van der Waals surface area contributed by atoms with Crippen molar-refractivity contribution in [3.05, 3.63) is 65.2 Å². The molecule has 0 bridgehead atoms. The maximum absolute atomic E-state index is 12.0. The van der Waals surface area contributed by atoms with Gasteiger partial charge in [0.15, 0.2) is 0 Å². The minimum Gasteiger partial charge on any atom is -0.478 e. The van der Waals surface area contributed by atoms with E-state index in [-0.39, 0.29) is 22.6 Å². The van der Waals surface area contributed by atoms with Gasteiger partial charge in [-0.3, -0.25) is 25.2 Å². The normalized spacial score (nSPS) is 9.80. The number of nitrogens with one attached hydrogen (secondary N) is 3. The molecule has 0 aliphatic rings. The van der Waals surface area contributed by atoms with Crippen LogP contribution in [-0.4, -0.2) is 28.8 Å². The number of rotatable bonds is 4. The van der Waals surface area contributed by atoms with Gasteiger partial charge in [0.2, 0.25) is 5.91 Å². The van der Waals surface area contributed by atoms with Crippen LogP contribution < -0.4 is 16.2 Å². The fourth-order valence-corrected chi connectivity index (χ4v) is 2.03. The summed E-state index contributed by atoms with van der Waals surface area (Å²) in [6, 6.07) is 11.7. The van der Waals surface area contributed by atoms with Crippen molar-refractivity contribution in [3.8, 4) is 0 Å². The molecule has 0 atom stereocenters. The molecule has 25 heavy (non-hydrogen) atoms. The van der Waals surface area contributed by atoms with Gasteiger partial charge in [-0.2, -0.15) is 0 Å². The van der Waals surface area contributed by atoms with Crippen molar-refractivity contribution in [2.75, 3.05) is 5.32 Å². The van der Waals surface area contributed by atoms with Crippen molar-refractivity contribution in [1.82, 2.24) is 10.9 Å². The first-order valence-electron chi connectivity index (χ1n) is 7.19.